The Morgan fingerprint density at radius 3 is 2.40 bits per heavy atom. The molecule has 0 bridgehead atoms. The summed E-state index contributed by atoms with van der Waals surface area (Å²) < 4.78 is 23.1. The van der Waals surface area contributed by atoms with Crippen molar-refractivity contribution in [1.29, 1.82) is 0 Å². The molecule has 3 aromatic carbocycles. The highest BCUT2D eigenvalue weighted by atomic mass is 35.5. The van der Waals surface area contributed by atoms with E-state index in [9.17, 15) is 9.59 Å². The number of fused-ring (bicyclic) bond motifs is 2. The van der Waals surface area contributed by atoms with E-state index in [1.165, 1.54) is 12.0 Å². The van der Waals surface area contributed by atoms with Crippen LogP contribution in [-0.4, -0.2) is 26.7 Å². The van der Waals surface area contributed by atoms with Crippen molar-refractivity contribution in [2.75, 3.05) is 25.7 Å². The maximum absolute atomic E-state index is 14.0. The van der Waals surface area contributed by atoms with Gasteiger partial charge in [-0.05, 0) is 61.4 Å². The van der Waals surface area contributed by atoms with Crippen molar-refractivity contribution >= 4 is 34.2 Å². The van der Waals surface area contributed by atoms with E-state index in [1.807, 2.05) is 31.2 Å². The third kappa shape index (κ3) is 5.02. The second kappa shape index (κ2) is 11.6. The maximum atomic E-state index is 14.0. The first kappa shape index (κ1) is 27.6. The van der Waals surface area contributed by atoms with E-state index in [0.717, 1.165) is 31.2 Å². The van der Waals surface area contributed by atoms with Gasteiger partial charge in [-0.25, -0.2) is 0 Å². The zero-order chi connectivity index (χ0) is 28.4. The van der Waals surface area contributed by atoms with Crippen LogP contribution in [0.2, 0.25) is 5.02 Å². The SMILES string of the molecule is CCCCCCOc1ccc(C2c3c(oc4ccc(C)cc4c3=O)C(=O)N2c2ccc(OC)c(Cl)c2)cc1OC. The molecule has 0 saturated heterocycles. The Balaban J connectivity index is 1.64. The molecule has 0 spiro atoms. The standard InChI is InChI=1S/C32H32ClNO6/c1-5-6-7-8-15-39-26-13-10-20(17-27(26)38-4)29-28-30(35)22-16-19(2)9-12-24(22)40-31(28)32(36)34(29)21-11-14-25(37-3)23(33)18-21/h9-14,16-18,29H,5-8,15H2,1-4H3. The summed E-state index contributed by atoms with van der Waals surface area (Å²) >= 11 is 6.46. The third-order valence-electron chi connectivity index (χ3n) is 7.20. The Bertz CT molecular complexity index is 1630. The van der Waals surface area contributed by atoms with Crippen molar-refractivity contribution in [3.63, 3.8) is 0 Å². The molecule has 208 valence electrons. The Labute approximate surface area is 238 Å². The van der Waals surface area contributed by atoms with E-state index in [-0.39, 0.29) is 16.8 Å². The smallest absolute Gasteiger partial charge is 0.295 e. The van der Waals surface area contributed by atoms with Gasteiger partial charge in [0, 0.05) is 5.69 Å². The fourth-order valence-electron chi connectivity index (χ4n) is 5.16. The molecule has 4 aromatic rings. The molecule has 1 atom stereocenters. The molecule has 1 amide bonds. The molecule has 1 unspecified atom stereocenters. The number of halogens is 1. The van der Waals surface area contributed by atoms with Crippen molar-refractivity contribution in [3.8, 4) is 17.2 Å². The Kier molecular flexibility index (Phi) is 8.03. The minimum atomic E-state index is -0.777. The monoisotopic (exact) mass is 561 g/mol. The lowest BCUT2D eigenvalue weighted by Crippen LogP contribution is -2.29. The molecule has 1 aromatic heterocycles. The highest BCUT2D eigenvalue weighted by Crippen LogP contribution is 2.44. The van der Waals surface area contributed by atoms with Crippen LogP contribution in [0.4, 0.5) is 5.69 Å². The molecule has 0 aliphatic carbocycles. The minimum Gasteiger partial charge on any atom is -0.495 e. The lowest BCUT2D eigenvalue weighted by Gasteiger charge is -2.26. The molecule has 40 heavy (non-hydrogen) atoms. The molecule has 0 fully saturated rings. The fourth-order valence-corrected chi connectivity index (χ4v) is 5.41. The van der Waals surface area contributed by atoms with Crippen LogP contribution in [0.3, 0.4) is 0 Å². The normalized spacial score (nSPS) is 14.5. The van der Waals surface area contributed by atoms with Crippen LogP contribution in [0.25, 0.3) is 11.0 Å². The summed E-state index contributed by atoms with van der Waals surface area (Å²) in [5.41, 5.74) is 2.47. The number of ether oxygens (including phenoxy) is 3. The van der Waals surface area contributed by atoms with Gasteiger partial charge in [-0.3, -0.25) is 14.5 Å². The Hall–Kier alpha value is -3.97. The van der Waals surface area contributed by atoms with Gasteiger partial charge in [0.1, 0.15) is 11.3 Å². The molecule has 0 saturated carbocycles. The molecule has 1 aliphatic heterocycles. The van der Waals surface area contributed by atoms with Crippen LogP contribution in [-0.2, 0) is 0 Å². The van der Waals surface area contributed by atoms with Crippen molar-refractivity contribution in [2.45, 2.75) is 45.6 Å². The highest BCUT2D eigenvalue weighted by molar-refractivity contribution is 6.32. The van der Waals surface area contributed by atoms with Crippen LogP contribution in [0.15, 0.2) is 63.8 Å². The molecule has 5 rings (SSSR count). The number of aryl methyl sites for hydroxylation is 1. The minimum absolute atomic E-state index is 0.00788. The molecular weight excluding hydrogens is 530 g/mol. The van der Waals surface area contributed by atoms with Crippen molar-refractivity contribution in [1.82, 2.24) is 0 Å². The van der Waals surface area contributed by atoms with E-state index in [4.69, 9.17) is 30.2 Å². The van der Waals surface area contributed by atoms with Crippen molar-refractivity contribution in [3.05, 3.63) is 92.3 Å². The Morgan fingerprint density at radius 1 is 0.900 bits per heavy atom. The van der Waals surface area contributed by atoms with Crippen LogP contribution in [0, 0.1) is 6.92 Å². The summed E-state index contributed by atoms with van der Waals surface area (Å²) in [4.78, 5) is 29.4. The fraction of sp³-hybridized carbons (Fsp3) is 0.312. The van der Waals surface area contributed by atoms with Crippen LogP contribution in [0.5, 0.6) is 17.2 Å². The molecular formula is C32H32ClNO6. The van der Waals surface area contributed by atoms with Gasteiger partial charge in [0.2, 0.25) is 5.76 Å². The zero-order valence-electron chi connectivity index (χ0n) is 23.1. The molecule has 2 heterocycles. The maximum Gasteiger partial charge on any atom is 0.295 e. The summed E-state index contributed by atoms with van der Waals surface area (Å²) in [5, 5.41) is 0.761. The summed E-state index contributed by atoms with van der Waals surface area (Å²) in [6.07, 6.45) is 4.36. The number of benzene rings is 3. The summed E-state index contributed by atoms with van der Waals surface area (Å²) in [6.45, 7) is 4.65. The van der Waals surface area contributed by atoms with Crippen molar-refractivity contribution in [2.24, 2.45) is 0 Å². The second-order valence-corrected chi connectivity index (χ2v) is 10.3. The third-order valence-corrected chi connectivity index (χ3v) is 7.49. The molecule has 0 radical (unpaired) electrons. The highest BCUT2D eigenvalue weighted by Gasteiger charge is 2.44. The first-order valence-electron chi connectivity index (χ1n) is 13.4. The van der Waals surface area contributed by atoms with Gasteiger partial charge in [0.05, 0.1) is 42.8 Å². The van der Waals surface area contributed by atoms with Gasteiger partial charge in [-0.2, -0.15) is 0 Å². The summed E-state index contributed by atoms with van der Waals surface area (Å²) in [6, 6.07) is 15.1. The van der Waals surface area contributed by atoms with Gasteiger partial charge in [-0.15, -0.1) is 0 Å². The number of anilines is 1. The number of hydrogen-bond donors (Lipinski definition) is 0. The summed E-state index contributed by atoms with van der Waals surface area (Å²) in [7, 11) is 3.10. The van der Waals surface area contributed by atoms with E-state index in [2.05, 4.69) is 6.92 Å². The van der Waals surface area contributed by atoms with Gasteiger partial charge in [-0.1, -0.05) is 55.5 Å². The van der Waals surface area contributed by atoms with E-state index < -0.39 is 11.9 Å². The van der Waals surface area contributed by atoms with Gasteiger partial charge in [0.25, 0.3) is 5.91 Å². The van der Waals surface area contributed by atoms with Gasteiger partial charge >= 0.3 is 0 Å². The first-order chi connectivity index (χ1) is 19.4. The van der Waals surface area contributed by atoms with Crippen molar-refractivity contribution < 1.29 is 23.4 Å². The molecule has 8 heteroatoms. The quantitative estimate of drug-likeness (QED) is 0.187. The van der Waals surface area contributed by atoms with Crippen LogP contribution >= 0.6 is 11.6 Å². The lowest BCUT2D eigenvalue weighted by atomic mass is 9.97. The Morgan fingerprint density at radius 2 is 1.68 bits per heavy atom. The number of rotatable bonds is 10. The van der Waals surface area contributed by atoms with Crippen LogP contribution < -0.4 is 24.5 Å². The van der Waals surface area contributed by atoms with E-state index >= 15 is 0 Å². The van der Waals surface area contributed by atoms with Gasteiger partial charge < -0.3 is 18.6 Å². The van der Waals surface area contributed by atoms with E-state index in [0.29, 0.717) is 51.1 Å². The summed E-state index contributed by atoms with van der Waals surface area (Å²) in [5.74, 6) is 1.17. The predicted octanol–water partition coefficient (Wildman–Crippen LogP) is 7.48. The number of carbonyl (C=O) groups is 1. The number of nitrogens with zero attached hydrogens (tertiary/aromatic N) is 1. The average molecular weight is 562 g/mol. The molecule has 7 nitrogen and oxygen atoms in total. The number of hydrogen-bond acceptors (Lipinski definition) is 6. The first-order valence-corrected chi connectivity index (χ1v) is 13.8. The largest absolute Gasteiger partial charge is 0.495 e. The predicted molar refractivity (Wildman–Crippen MR) is 157 cm³/mol. The zero-order valence-corrected chi connectivity index (χ0v) is 23.8. The molecule has 0 N–H and O–H groups in total. The molecule has 1 aliphatic rings. The topological polar surface area (TPSA) is 78.2 Å². The number of unbranched alkanes of at least 4 members (excludes halogenated alkanes) is 3. The second-order valence-electron chi connectivity index (χ2n) is 9.89. The number of methoxy groups -OCH3 is 2. The number of amides is 1. The van der Waals surface area contributed by atoms with E-state index in [1.54, 1.807) is 37.4 Å². The number of carbonyl (C=O) groups excluding carboxylic acids is 1. The lowest BCUT2D eigenvalue weighted by molar-refractivity contribution is 0.0971. The van der Waals surface area contributed by atoms with Crippen LogP contribution in [0.1, 0.15) is 65.9 Å². The van der Waals surface area contributed by atoms with Gasteiger partial charge in [0.15, 0.2) is 16.9 Å². The average Bonchev–Trinajstić information content (AvgIpc) is 3.25.